The van der Waals surface area contributed by atoms with Crippen LogP contribution < -0.4 is 5.32 Å². The summed E-state index contributed by atoms with van der Waals surface area (Å²) < 4.78 is 0. The Bertz CT molecular complexity index is 196. The molecule has 1 N–H and O–H groups in total. The molecule has 0 spiro atoms. The fourth-order valence-corrected chi connectivity index (χ4v) is 4.09. The van der Waals surface area contributed by atoms with Crippen molar-refractivity contribution >= 4 is 11.8 Å². The number of hydrogen-bond donors (Lipinski definition) is 1. The second-order valence-electron chi connectivity index (χ2n) is 5.77. The highest BCUT2D eigenvalue weighted by atomic mass is 32.2. The molecule has 0 amide bonds. The van der Waals surface area contributed by atoms with Gasteiger partial charge in [0.1, 0.15) is 0 Å². The molecule has 3 atom stereocenters. The van der Waals surface area contributed by atoms with Crippen molar-refractivity contribution in [2.45, 2.75) is 71.8 Å². The molecule has 1 rings (SSSR count). The predicted octanol–water partition coefficient (Wildman–Crippen LogP) is 4.71. The Morgan fingerprint density at radius 3 is 2.56 bits per heavy atom. The van der Waals surface area contributed by atoms with Gasteiger partial charge in [-0.3, -0.25) is 0 Å². The van der Waals surface area contributed by atoms with Gasteiger partial charge >= 0.3 is 0 Å². The van der Waals surface area contributed by atoms with Gasteiger partial charge < -0.3 is 5.32 Å². The molecule has 0 aromatic rings. The maximum Gasteiger partial charge on any atom is 0.00958 e. The van der Waals surface area contributed by atoms with E-state index in [1.807, 2.05) is 0 Å². The first kappa shape index (κ1) is 16.4. The quantitative estimate of drug-likeness (QED) is 0.609. The molecule has 108 valence electrons. The van der Waals surface area contributed by atoms with Gasteiger partial charge in [0.2, 0.25) is 0 Å². The first-order chi connectivity index (χ1) is 8.81. The fraction of sp³-hybridized carbons (Fsp3) is 1.00. The van der Waals surface area contributed by atoms with Crippen molar-refractivity contribution in [3.8, 4) is 0 Å². The summed E-state index contributed by atoms with van der Waals surface area (Å²) in [6.45, 7) is 8.10. The molecular weight excluding hydrogens is 238 g/mol. The molecule has 1 saturated carbocycles. The minimum absolute atomic E-state index is 0.815. The third kappa shape index (κ3) is 5.97. The van der Waals surface area contributed by atoms with Gasteiger partial charge in [-0.05, 0) is 62.0 Å². The van der Waals surface area contributed by atoms with Crippen LogP contribution in [-0.2, 0) is 0 Å². The van der Waals surface area contributed by atoms with E-state index in [4.69, 9.17) is 0 Å². The molecule has 1 fully saturated rings. The summed E-state index contributed by atoms with van der Waals surface area (Å²) in [4.78, 5) is 0. The van der Waals surface area contributed by atoms with E-state index in [9.17, 15) is 0 Å². The summed E-state index contributed by atoms with van der Waals surface area (Å²) in [6, 6.07) is 0.815. The number of thioether (sulfide) groups is 1. The second kappa shape index (κ2) is 10.1. The molecule has 18 heavy (non-hydrogen) atoms. The van der Waals surface area contributed by atoms with E-state index < -0.39 is 0 Å². The molecule has 0 heterocycles. The molecule has 1 aliphatic carbocycles. The van der Waals surface area contributed by atoms with Gasteiger partial charge in [-0.15, -0.1) is 0 Å². The average molecular weight is 272 g/mol. The summed E-state index contributed by atoms with van der Waals surface area (Å²) in [7, 11) is 0. The largest absolute Gasteiger partial charge is 0.314 e. The SMILES string of the molecule is CCCNC1CCC(CCC)CC1CCSCC. The van der Waals surface area contributed by atoms with E-state index in [1.165, 1.54) is 63.0 Å². The summed E-state index contributed by atoms with van der Waals surface area (Å²) >= 11 is 2.11. The highest BCUT2D eigenvalue weighted by Gasteiger charge is 2.29. The topological polar surface area (TPSA) is 12.0 Å². The van der Waals surface area contributed by atoms with Crippen molar-refractivity contribution in [2.24, 2.45) is 11.8 Å². The van der Waals surface area contributed by atoms with Crippen molar-refractivity contribution in [1.82, 2.24) is 5.32 Å². The number of rotatable bonds is 9. The minimum Gasteiger partial charge on any atom is -0.314 e. The minimum atomic E-state index is 0.815. The zero-order chi connectivity index (χ0) is 13.2. The zero-order valence-corrected chi connectivity index (χ0v) is 13.5. The van der Waals surface area contributed by atoms with Gasteiger partial charge in [0.25, 0.3) is 0 Å². The average Bonchev–Trinajstić information content (AvgIpc) is 2.38. The third-order valence-corrected chi connectivity index (χ3v) is 5.21. The van der Waals surface area contributed by atoms with Crippen LogP contribution in [0.1, 0.15) is 65.7 Å². The smallest absolute Gasteiger partial charge is 0.00958 e. The van der Waals surface area contributed by atoms with Crippen LogP contribution in [0.4, 0.5) is 0 Å². The van der Waals surface area contributed by atoms with Gasteiger partial charge in [-0.1, -0.05) is 33.6 Å². The van der Waals surface area contributed by atoms with E-state index in [0.717, 1.165) is 17.9 Å². The lowest BCUT2D eigenvalue weighted by Crippen LogP contribution is -2.41. The summed E-state index contributed by atoms with van der Waals surface area (Å²) in [5.41, 5.74) is 0. The molecule has 1 nitrogen and oxygen atoms in total. The summed E-state index contributed by atoms with van der Waals surface area (Å²) in [5.74, 6) is 4.61. The standard InChI is InChI=1S/C16H33NS/c1-4-7-14-8-9-16(17-11-5-2)15(13-14)10-12-18-6-3/h14-17H,4-13H2,1-3H3. The maximum absolute atomic E-state index is 3.80. The summed E-state index contributed by atoms with van der Waals surface area (Å²) in [6.07, 6.45) is 9.90. The Morgan fingerprint density at radius 2 is 1.89 bits per heavy atom. The molecule has 0 radical (unpaired) electrons. The monoisotopic (exact) mass is 271 g/mol. The maximum atomic E-state index is 3.80. The normalized spacial score (nSPS) is 28.5. The van der Waals surface area contributed by atoms with Gasteiger partial charge in [0, 0.05) is 6.04 Å². The van der Waals surface area contributed by atoms with Crippen molar-refractivity contribution < 1.29 is 0 Å². The van der Waals surface area contributed by atoms with Crippen LogP contribution in [0.2, 0.25) is 0 Å². The second-order valence-corrected chi connectivity index (χ2v) is 7.17. The van der Waals surface area contributed by atoms with Crippen LogP contribution in [0.25, 0.3) is 0 Å². The van der Waals surface area contributed by atoms with E-state index >= 15 is 0 Å². The van der Waals surface area contributed by atoms with Crippen molar-refractivity contribution in [1.29, 1.82) is 0 Å². The van der Waals surface area contributed by atoms with Crippen LogP contribution in [-0.4, -0.2) is 24.1 Å². The van der Waals surface area contributed by atoms with Gasteiger partial charge in [-0.2, -0.15) is 11.8 Å². The zero-order valence-electron chi connectivity index (χ0n) is 12.7. The van der Waals surface area contributed by atoms with Crippen LogP contribution in [0, 0.1) is 11.8 Å². The molecule has 0 aromatic carbocycles. The van der Waals surface area contributed by atoms with Crippen LogP contribution in [0.5, 0.6) is 0 Å². The molecular formula is C16H33NS. The Morgan fingerprint density at radius 1 is 1.06 bits per heavy atom. The lowest BCUT2D eigenvalue weighted by atomic mass is 9.75. The lowest BCUT2D eigenvalue weighted by Gasteiger charge is -2.37. The lowest BCUT2D eigenvalue weighted by molar-refractivity contribution is 0.191. The molecule has 0 saturated heterocycles. The molecule has 1 aliphatic rings. The number of nitrogens with one attached hydrogen (secondary N) is 1. The fourth-order valence-electron chi connectivity index (χ4n) is 3.33. The highest BCUT2D eigenvalue weighted by molar-refractivity contribution is 7.99. The third-order valence-electron chi connectivity index (χ3n) is 4.28. The molecule has 3 unspecified atom stereocenters. The van der Waals surface area contributed by atoms with Crippen molar-refractivity contribution in [3.05, 3.63) is 0 Å². The Hall–Kier alpha value is 0.310. The van der Waals surface area contributed by atoms with Crippen molar-refractivity contribution in [2.75, 3.05) is 18.1 Å². The van der Waals surface area contributed by atoms with Crippen LogP contribution in [0.3, 0.4) is 0 Å². The Labute approximate surface area is 119 Å². The summed E-state index contributed by atoms with van der Waals surface area (Å²) in [5, 5.41) is 3.80. The van der Waals surface area contributed by atoms with E-state index in [2.05, 4.69) is 37.8 Å². The van der Waals surface area contributed by atoms with Gasteiger partial charge in [0.05, 0.1) is 0 Å². The molecule has 0 aliphatic heterocycles. The molecule has 0 aromatic heterocycles. The Balaban J connectivity index is 2.38. The van der Waals surface area contributed by atoms with Crippen LogP contribution >= 0.6 is 11.8 Å². The molecule has 0 bridgehead atoms. The number of hydrogen-bond acceptors (Lipinski definition) is 2. The van der Waals surface area contributed by atoms with E-state index in [-0.39, 0.29) is 0 Å². The van der Waals surface area contributed by atoms with Crippen molar-refractivity contribution in [3.63, 3.8) is 0 Å². The van der Waals surface area contributed by atoms with Crippen LogP contribution in [0.15, 0.2) is 0 Å². The first-order valence-corrected chi connectivity index (χ1v) is 9.28. The predicted molar refractivity (Wildman–Crippen MR) is 85.4 cm³/mol. The van der Waals surface area contributed by atoms with E-state index in [1.54, 1.807) is 0 Å². The van der Waals surface area contributed by atoms with Gasteiger partial charge in [0.15, 0.2) is 0 Å². The molecule has 2 heteroatoms. The first-order valence-electron chi connectivity index (χ1n) is 8.12. The van der Waals surface area contributed by atoms with E-state index in [0.29, 0.717) is 0 Å². The van der Waals surface area contributed by atoms with Gasteiger partial charge in [-0.25, -0.2) is 0 Å². The Kier molecular flexibility index (Phi) is 9.22. The highest BCUT2D eigenvalue weighted by Crippen LogP contribution is 2.34.